The largest absolute Gasteiger partial charge is 0.497 e. The summed E-state index contributed by atoms with van der Waals surface area (Å²) in [4.78, 5) is 16.4. The fourth-order valence-corrected chi connectivity index (χ4v) is 2.70. The molecule has 2 amide bonds. The molecule has 0 saturated carbocycles. The van der Waals surface area contributed by atoms with E-state index in [2.05, 4.69) is 15.6 Å². The van der Waals surface area contributed by atoms with Crippen molar-refractivity contribution in [3.8, 4) is 11.5 Å². The van der Waals surface area contributed by atoms with E-state index in [4.69, 9.17) is 9.47 Å². The highest BCUT2D eigenvalue weighted by Gasteiger charge is 2.10. The Bertz CT molecular complexity index is 894. The molecule has 0 radical (unpaired) electrons. The number of hydrogen-bond donors (Lipinski definition) is 2. The van der Waals surface area contributed by atoms with Crippen LogP contribution in [0.1, 0.15) is 11.1 Å². The maximum atomic E-state index is 12.3. The van der Waals surface area contributed by atoms with Gasteiger partial charge in [0.15, 0.2) is 0 Å². The van der Waals surface area contributed by atoms with Crippen LogP contribution in [0, 0.1) is 0 Å². The summed E-state index contributed by atoms with van der Waals surface area (Å²) in [5, 5.41) is 5.69. The van der Waals surface area contributed by atoms with E-state index in [1.54, 1.807) is 44.9 Å². The quantitative estimate of drug-likeness (QED) is 0.673. The summed E-state index contributed by atoms with van der Waals surface area (Å²) < 4.78 is 12.4. The van der Waals surface area contributed by atoms with Crippen molar-refractivity contribution in [3.05, 3.63) is 72.3 Å². The van der Waals surface area contributed by atoms with Crippen LogP contribution in [0.25, 0.3) is 0 Å². The summed E-state index contributed by atoms with van der Waals surface area (Å²) in [5.74, 6) is 1.19. The SMILES string of the molecule is COc1ccc(NC(=O)NCc2ccccc2Cn2ccnc2)c(OC)c1. The molecular weight excluding hydrogens is 344 g/mol. The zero-order chi connectivity index (χ0) is 19.1. The van der Waals surface area contributed by atoms with E-state index in [0.717, 1.165) is 11.1 Å². The molecule has 0 saturated heterocycles. The number of benzene rings is 2. The minimum absolute atomic E-state index is 0.309. The molecule has 2 N–H and O–H groups in total. The summed E-state index contributed by atoms with van der Waals surface area (Å²) in [6, 6.07) is 12.9. The van der Waals surface area contributed by atoms with Gasteiger partial charge in [-0.05, 0) is 23.3 Å². The highest BCUT2D eigenvalue weighted by molar-refractivity contribution is 5.91. The summed E-state index contributed by atoms with van der Waals surface area (Å²) >= 11 is 0. The molecule has 27 heavy (non-hydrogen) atoms. The van der Waals surface area contributed by atoms with Crippen molar-refractivity contribution in [1.82, 2.24) is 14.9 Å². The van der Waals surface area contributed by atoms with Crippen LogP contribution in [-0.4, -0.2) is 29.8 Å². The van der Waals surface area contributed by atoms with Gasteiger partial charge in [-0.25, -0.2) is 9.78 Å². The van der Waals surface area contributed by atoms with Crippen molar-refractivity contribution in [3.63, 3.8) is 0 Å². The number of nitrogens with one attached hydrogen (secondary N) is 2. The molecule has 0 aliphatic heterocycles. The zero-order valence-electron chi connectivity index (χ0n) is 15.3. The van der Waals surface area contributed by atoms with Crippen molar-refractivity contribution in [2.45, 2.75) is 13.1 Å². The molecule has 7 heteroatoms. The molecule has 0 unspecified atom stereocenters. The van der Waals surface area contributed by atoms with Crippen LogP contribution in [0.2, 0.25) is 0 Å². The molecule has 0 spiro atoms. The molecular formula is C20H22N4O3. The van der Waals surface area contributed by atoms with E-state index in [1.165, 1.54) is 0 Å². The van der Waals surface area contributed by atoms with Gasteiger partial charge in [-0.2, -0.15) is 0 Å². The number of anilines is 1. The lowest BCUT2D eigenvalue weighted by Crippen LogP contribution is -2.28. The van der Waals surface area contributed by atoms with E-state index < -0.39 is 0 Å². The van der Waals surface area contributed by atoms with Gasteiger partial charge >= 0.3 is 6.03 Å². The maximum Gasteiger partial charge on any atom is 0.319 e. The number of aromatic nitrogens is 2. The van der Waals surface area contributed by atoms with Gasteiger partial charge in [-0.1, -0.05) is 24.3 Å². The Hall–Kier alpha value is -3.48. The van der Waals surface area contributed by atoms with Crippen LogP contribution >= 0.6 is 0 Å². The molecule has 0 atom stereocenters. The van der Waals surface area contributed by atoms with Gasteiger partial charge in [0.2, 0.25) is 0 Å². The normalized spacial score (nSPS) is 10.3. The minimum atomic E-state index is -0.309. The topological polar surface area (TPSA) is 77.4 Å². The Morgan fingerprint density at radius 1 is 1.11 bits per heavy atom. The molecule has 0 aliphatic carbocycles. The first kappa shape index (κ1) is 18.3. The molecule has 0 bridgehead atoms. The van der Waals surface area contributed by atoms with E-state index in [9.17, 15) is 4.79 Å². The summed E-state index contributed by atoms with van der Waals surface area (Å²) in [6.45, 7) is 1.11. The van der Waals surface area contributed by atoms with Crippen LogP contribution < -0.4 is 20.1 Å². The third-order valence-electron chi connectivity index (χ3n) is 4.13. The lowest BCUT2D eigenvalue weighted by molar-refractivity contribution is 0.251. The first-order valence-corrected chi connectivity index (χ1v) is 8.49. The summed E-state index contributed by atoms with van der Waals surface area (Å²) in [6.07, 6.45) is 5.43. The van der Waals surface area contributed by atoms with Crippen LogP contribution in [0.15, 0.2) is 61.2 Å². The van der Waals surface area contributed by atoms with Gasteiger partial charge in [0.25, 0.3) is 0 Å². The third kappa shape index (κ3) is 4.78. The van der Waals surface area contributed by atoms with Crippen LogP contribution in [0.3, 0.4) is 0 Å². The lowest BCUT2D eigenvalue weighted by atomic mass is 10.1. The van der Waals surface area contributed by atoms with Crippen LogP contribution in [-0.2, 0) is 13.1 Å². The van der Waals surface area contributed by atoms with Crippen molar-refractivity contribution >= 4 is 11.7 Å². The Balaban J connectivity index is 1.63. The highest BCUT2D eigenvalue weighted by atomic mass is 16.5. The van der Waals surface area contributed by atoms with Gasteiger partial charge in [0, 0.05) is 31.5 Å². The first-order valence-electron chi connectivity index (χ1n) is 8.49. The monoisotopic (exact) mass is 366 g/mol. The highest BCUT2D eigenvalue weighted by Crippen LogP contribution is 2.28. The molecule has 1 heterocycles. The summed E-state index contributed by atoms with van der Waals surface area (Å²) in [7, 11) is 3.13. The molecule has 0 fully saturated rings. The van der Waals surface area contributed by atoms with Gasteiger partial charge in [0.05, 0.1) is 26.2 Å². The predicted octanol–water partition coefficient (Wildman–Crippen LogP) is 3.27. The fourth-order valence-electron chi connectivity index (χ4n) is 2.70. The second-order valence-corrected chi connectivity index (χ2v) is 5.88. The number of carbonyl (C=O) groups excluding carboxylic acids is 1. The van der Waals surface area contributed by atoms with E-state index in [1.807, 2.05) is 35.0 Å². The average molecular weight is 366 g/mol. The van der Waals surface area contributed by atoms with Crippen molar-refractivity contribution < 1.29 is 14.3 Å². The fraction of sp³-hybridized carbons (Fsp3) is 0.200. The number of nitrogens with zero attached hydrogens (tertiary/aromatic N) is 2. The number of methoxy groups -OCH3 is 2. The van der Waals surface area contributed by atoms with Gasteiger partial charge in [0.1, 0.15) is 11.5 Å². The second kappa shape index (κ2) is 8.75. The maximum absolute atomic E-state index is 12.3. The summed E-state index contributed by atoms with van der Waals surface area (Å²) in [5.41, 5.74) is 2.74. The Kier molecular flexibility index (Phi) is 5.94. The van der Waals surface area contributed by atoms with Crippen molar-refractivity contribution in [1.29, 1.82) is 0 Å². The van der Waals surface area contributed by atoms with Crippen LogP contribution in [0.5, 0.6) is 11.5 Å². The number of hydrogen-bond acceptors (Lipinski definition) is 4. The predicted molar refractivity (Wildman–Crippen MR) is 103 cm³/mol. The number of urea groups is 1. The number of carbonyl (C=O) groups is 1. The first-order chi connectivity index (χ1) is 13.2. The van der Waals surface area contributed by atoms with Gasteiger partial charge in [-0.15, -0.1) is 0 Å². The number of amides is 2. The molecule has 1 aromatic heterocycles. The third-order valence-corrected chi connectivity index (χ3v) is 4.13. The number of imidazole rings is 1. The van der Waals surface area contributed by atoms with E-state index in [-0.39, 0.29) is 6.03 Å². The smallest absolute Gasteiger partial charge is 0.319 e. The van der Waals surface area contributed by atoms with Crippen molar-refractivity contribution in [2.24, 2.45) is 0 Å². The van der Waals surface area contributed by atoms with Gasteiger partial charge in [-0.3, -0.25) is 0 Å². The molecule has 3 aromatic rings. The number of ether oxygens (including phenoxy) is 2. The number of rotatable bonds is 7. The standard InChI is InChI=1S/C20H22N4O3/c1-26-17-7-8-18(19(11-17)27-2)23-20(25)22-12-15-5-3-4-6-16(15)13-24-10-9-21-14-24/h3-11,14H,12-13H2,1-2H3,(H2,22,23,25). The molecule has 140 valence electrons. The molecule has 3 rings (SSSR count). The van der Waals surface area contributed by atoms with Gasteiger partial charge < -0.3 is 24.7 Å². The molecule has 2 aromatic carbocycles. The van der Waals surface area contributed by atoms with E-state index in [0.29, 0.717) is 30.3 Å². The Morgan fingerprint density at radius 2 is 1.93 bits per heavy atom. The van der Waals surface area contributed by atoms with Crippen molar-refractivity contribution in [2.75, 3.05) is 19.5 Å². The minimum Gasteiger partial charge on any atom is -0.497 e. The Morgan fingerprint density at radius 3 is 2.63 bits per heavy atom. The molecule has 7 nitrogen and oxygen atoms in total. The Labute approximate surface area is 157 Å². The average Bonchev–Trinajstić information content (AvgIpc) is 3.20. The molecule has 0 aliphatic rings. The zero-order valence-corrected chi connectivity index (χ0v) is 15.3. The van der Waals surface area contributed by atoms with E-state index >= 15 is 0 Å². The van der Waals surface area contributed by atoms with Crippen LogP contribution in [0.4, 0.5) is 10.5 Å². The lowest BCUT2D eigenvalue weighted by Gasteiger charge is -2.14. The second-order valence-electron chi connectivity index (χ2n) is 5.88.